The van der Waals surface area contributed by atoms with Crippen LogP contribution >= 0.6 is 15.9 Å². The largest absolute Gasteiger partial charge is 0.346 e. The maximum Gasteiger partial charge on any atom is 0.223 e. The molecule has 0 radical (unpaired) electrons. The number of hydrogen-bond donors (Lipinski definition) is 2. The van der Waals surface area contributed by atoms with Crippen LogP contribution < -0.4 is 10.6 Å². The van der Waals surface area contributed by atoms with Gasteiger partial charge in [0.1, 0.15) is 0 Å². The fourth-order valence-electron chi connectivity index (χ4n) is 2.61. The zero-order chi connectivity index (χ0) is 13.5. The fraction of sp³-hybridized carbons (Fsp3) is 0.533. The number of hydrogen-bond acceptors (Lipinski definition) is 2. The van der Waals surface area contributed by atoms with Gasteiger partial charge in [-0.1, -0.05) is 35.0 Å². The minimum atomic E-state index is -0.0940. The summed E-state index contributed by atoms with van der Waals surface area (Å²) in [5, 5.41) is 6.50. The molecular weight excluding hydrogens is 304 g/mol. The van der Waals surface area contributed by atoms with Crippen molar-refractivity contribution in [3.8, 4) is 0 Å². The second kappa shape index (κ2) is 4.91. The number of carbonyl (C=O) groups excluding carboxylic acids is 1. The van der Waals surface area contributed by atoms with Crippen LogP contribution in [0, 0.1) is 11.8 Å². The van der Waals surface area contributed by atoms with Gasteiger partial charge in [0, 0.05) is 10.4 Å². The molecule has 1 saturated carbocycles. The molecule has 0 spiro atoms. The minimum Gasteiger partial charge on any atom is -0.346 e. The molecular formula is C15H19BrN2O. The van der Waals surface area contributed by atoms with Crippen LogP contribution in [0.15, 0.2) is 28.7 Å². The lowest BCUT2D eigenvalue weighted by atomic mass is 9.88. The quantitative estimate of drug-likeness (QED) is 0.893. The number of halogens is 1. The van der Waals surface area contributed by atoms with E-state index in [0.717, 1.165) is 30.4 Å². The predicted octanol–water partition coefficient (Wildman–Crippen LogP) is 2.41. The average molecular weight is 323 g/mol. The second-order valence-electron chi connectivity index (χ2n) is 5.79. The Balaban J connectivity index is 1.68. The van der Waals surface area contributed by atoms with Gasteiger partial charge in [-0.25, -0.2) is 0 Å². The monoisotopic (exact) mass is 322 g/mol. The van der Waals surface area contributed by atoms with Crippen molar-refractivity contribution in [1.82, 2.24) is 10.6 Å². The molecule has 102 valence electrons. The molecule has 4 heteroatoms. The highest BCUT2D eigenvalue weighted by Gasteiger charge is 2.46. The molecule has 2 fully saturated rings. The molecule has 3 nitrogen and oxygen atoms in total. The Morgan fingerprint density at radius 3 is 2.47 bits per heavy atom. The van der Waals surface area contributed by atoms with Gasteiger partial charge in [-0.15, -0.1) is 0 Å². The Hall–Kier alpha value is -0.870. The Morgan fingerprint density at radius 1 is 1.37 bits per heavy atom. The van der Waals surface area contributed by atoms with Gasteiger partial charge in [0.05, 0.1) is 5.54 Å². The van der Waals surface area contributed by atoms with Crippen LogP contribution in [0.25, 0.3) is 0 Å². The molecule has 1 amide bonds. The van der Waals surface area contributed by atoms with Gasteiger partial charge in [0.2, 0.25) is 5.91 Å². The van der Waals surface area contributed by atoms with Crippen LogP contribution in [0.4, 0.5) is 0 Å². The molecule has 3 rings (SSSR count). The van der Waals surface area contributed by atoms with Gasteiger partial charge in [0.15, 0.2) is 0 Å². The van der Waals surface area contributed by atoms with Gasteiger partial charge in [-0.05, 0) is 49.5 Å². The predicted molar refractivity (Wildman–Crippen MR) is 78.7 cm³/mol. The summed E-state index contributed by atoms with van der Waals surface area (Å²) < 4.78 is 1.08. The first kappa shape index (κ1) is 13.1. The highest BCUT2D eigenvalue weighted by Crippen LogP contribution is 2.46. The SMILES string of the molecule is CC(C(=O)NC1(c2ccc(Br)cc2)CC1)C1CNC1. The van der Waals surface area contributed by atoms with E-state index in [-0.39, 0.29) is 17.4 Å². The van der Waals surface area contributed by atoms with E-state index in [4.69, 9.17) is 0 Å². The van der Waals surface area contributed by atoms with Gasteiger partial charge in [-0.3, -0.25) is 4.79 Å². The van der Waals surface area contributed by atoms with Crippen molar-refractivity contribution >= 4 is 21.8 Å². The lowest BCUT2D eigenvalue weighted by Gasteiger charge is -2.33. The molecule has 0 aromatic heterocycles. The van der Waals surface area contributed by atoms with E-state index in [0.29, 0.717) is 5.92 Å². The summed E-state index contributed by atoms with van der Waals surface area (Å²) in [7, 11) is 0. The summed E-state index contributed by atoms with van der Waals surface area (Å²) in [5.41, 5.74) is 1.13. The third-order valence-electron chi connectivity index (χ3n) is 4.44. The first-order chi connectivity index (χ1) is 9.11. The second-order valence-corrected chi connectivity index (χ2v) is 6.70. The lowest BCUT2D eigenvalue weighted by Crippen LogP contribution is -2.51. The van der Waals surface area contributed by atoms with Crippen LogP contribution in [0.2, 0.25) is 0 Å². The zero-order valence-corrected chi connectivity index (χ0v) is 12.7. The van der Waals surface area contributed by atoms with Crippen molar-refractivity contribution in [3.63, 3.8) is 0 Å². The molecule has 2 aliphatic rings. The van der Waals surface area contributed by atoms with E-state index >= 15 is 0 Å². The molecule has 1 heterocycles. The third-order valence-corrected chi connectivity index (χ3v) is 4.97. The van der Waals surface area contributed by atoms with Crippen molar-refractivity contribution in [3.05, 3.63) is 34.3 Å². The van der Waals surface area contributed by atoms with Crippen molar-refractivity contribution in [2.75, 3.05) is 13.1 Å². The summed E-state index contributed by atoms with van der Waals surface area (Å²) in [4.78, 5) is 12.3. The Kier molecular flexibility index (Phi) is 3.39. The first-order valence-corrected chi connectivity index (χ1v) is 7.69. The van der Waals surface area contributed by atoms with Crippen molar-refractivity contribution < 1.29 is 4.79 Å². The summed E-state index contributed by atoms with van der Waals surface area (Å²) >= 11 is 3.45. The molecule has 1 saturated heterocycles. The van der Waals surface area contributed by atoms with Crippen molar-refractivity contribution in [1.29, 1.82) is 0 Å². The third kappa shape index (κ3) is 2.56. The fourth-order valence-corrected chi connectivity index (χ4v) is 2.87. The van der Waals surface area contributed by atoms with Gasteiger partial charge in [0.25, 0.3) is 0 Å². The molecule has 2 N–H and O–H groups in total. The molecule has 1 aromatic rings. The molecule has 1 atom stereocenters. The van der Waals surface area contributed by atoms with Gasteiger partial charge in [-0.2, -0.15) is 0 Å². The first-order valence-electron chi connectivity index (χ1n) is 6.89. The number of rotatable bonds is 4. The minimum absolute atomic E-state index is 0.0940. The summed E-state index contributed by atoms with van der Waals surface area (Å²) in [5.74, 6) is 0.807. The average Bonchev–Trinajstić information content (AvgIpc) is 3.08. The number of nitrogens with one attached hydrogen (secondary N) is 2. The van der Waals surface area contributed by atoms with Crippen molar-refractivity contribution in [2.45, 2.75) is 25.3 Å². The molecule has 1 aliphatic heterocycles. The van der Waals surface area contributed by atoms with Crippen LogP contribution in [-0.2, 0) is 10.3 Å². The Labute approximate surface area is 122 Å². The van der Waals surface area contributed by atoms with Crippen LogP contribution in [0.5, 0.6) is 0 Å². The standard InChI is InChI=1S/C15H19BrN2O/c1-10(11-8-17-9-11)14(19)18-15(6-7-15)12-2-4-13(16)5-3-12/h2-5,10-11,17H,6-9H2,1H3,(H,18,19). The lowest BCUT2D eigenvalue weighted by molar-refractivity contribution is -0.127. The van der Waals surface area contributed by atoms with E-state index in [1.165, 1.54) is 5.56 Å². The maximum absolute atomic E-state index is 12.3. The van der Waals surface area contributed by atoms with Gasteiger partial charge < -0.3 is 10.6 Å². The molecule has 1 unspecified atom stereocenters. The zero-order valence-electron chi connectivity index (χ0n) is 11.1. The van der Waals surface area contributed by atoms with E-state index in [9.17, 15) is 4.79 Å². The molecule has 19 heavy (non-hydrogen) atoms. The Bertz CT molecular complexity index is 477. The van der Waals surface area contributed by atoms with Crippen LogP contribution in [0.3, 0.4) is 0 Å². The number of benzene rings is 1. The van der Waals surface area contributed by atoms with E-state index < -0.39 is 0 Å². The summed E-state index contributed by atoms with van der Waals surface area (Å²) in [6.07, 6.45) is 2.10. The number of carbonyl (C=O) groups is 1. The molecule has 1 aliphatic carbocycles. The van der Waals surface area contributed by atoms with Crippen LogP contribution in [0.1, 0.15) is 25.3 Å². The highest BCUT2D eigenvalue weighted by molar-refractivity contribution is 9.10. The van der Waals surface area contributed by atoms with Crippen LogP contribution in [-0.4, -0.2) is 19.0 Å². The summed E-state index contributed by atoms with van der Waals surface area (Å²) in [6, 6.07) is 8.29. The molecule has 0 bridgehead atoms. The topological polar surface area (TPSA) is 41.1 Å². The van der Waals surface area contributed by atoms with E-state index in [1.807, 2.05) is 19.1 Å². The van der Waals surface area contributed by atoms with Gasteiger partial charge >= 0.3 is 0 Å². The normalized spacial score (nSPS) is 22.4. The molecule has 1 aromatic carbocycles. The summed E-state index contributed by atoms with van der Waals surface area (Å²) in [6.45, 7) is 3.98. The maximum atomic E-state index is 12.3. The smallest absolute Gasteiger partial charge is 0.223 e. The number of amides is 1. The van der Waals surface area contributed by atoms with Crippen molar-refractivity contribution in [2.24, 2.45) is 11.8 Å². The highest BCUT2D eigenvalue weighted by atomic mass is 79.9. The Morgan fingerprint density at radius 2 is 2.00 bits per heavy atom. The van der Waals surface area contributed by atoms with E-state index in [1.54, 1.807) is 0 Å². The van der Waals surface area contributed by atoms with E-state index in [2.05, 4.69) is 38.7 Å².